The van der Waals surface area contributed by atoms with Crippen molar-refractivity contribution in [2.24, 2.45) is 0 Å². The van der Waals surface area contributed by atoms with Crippen LogP contribution in [0.5, 0.6) is 0 Å². The average molecular weight is 915 g/mol. The summed E-state index contributed by atoms with van der Waals surface area (Å²) in [5.41, 5.74) is 0. The normalized spacial score (nSPS) is 12.9. The van der Waals surface area contributed by atoms with Gasteiger partial charge in [0.05, 0.1) is 25.4 Å². The summed E-state index contributed by atoms with van der Waals surface area (Å²) in [6, 6.07) is -0.636. The fraction of sp³-hybridized carbons (Fsp3) is 0.864. The highest BCUT2D eigenvalue weighted by Gasteiger charge is 2.18. The Bertz CT molecular complexity index is 1060. The second-order valence-electron chi connectivity index (χ2n) is 19.6. The van der Waals surface area contributed by atoms with Gasteiger partial charge in [0.1, 0.15) is 0 Å². The lowest BCUT2D eigenvalue weighted by Gasteiger charge is -2.20. The van der Waals surface area contributed by atoms with Crippen molar-refractivity contribution in [1.29, 1.82) is 0 Å². The van der Waals surface area contributed by atoms with Crippen molar-refractivity contribution in [3.63, 3.8) is 0 Å². The molecular weight excluding hydrogens is 803 g/mol. The predicted octanol–water partition coefficient (Wildman–Crippen LogP) is 17.6. The summed E-state index contributed by atoms with van der Waals surface area (Å²) < 4.78 is 5.48. The van der Waals surface area contributed by atoms with Gasteiger partial charge in [0.15, 0.2) is 0 Å². The van der Waals surface area contributed by atoms with Gasteiger partial charge in [0.2, 0.25) is 5.91 Å². The zero-order valence-corrected chi connectivity index (χ0v) is 43.5. The first-order chi connectivity index (χ1) is 32.0. The van der Waals surface area contributed by atoms with E-state index in [0.717, 1.165) is 57.8 Å². The molecule has 3 N–H and O–H groups in total. The van der Waals surface area contributed by atoms with E-state index in [-0.39, 0.29) is 18.5 Å². The zero-order chi connectivity index (χ0) is 47.2. The monoisotopic (exact) mass is 914 g/mol. The maximum absolute atomic E-state index is 12.4. The molecule has 0 aliphatic carbocycles. The average Bonchev–Trinajstić information content (AvgIpc) is 3.31. The molecule has 0 aliphatic heterocycles. The maximum Gasteiger partial charge on any atom is 0.305 e. The van der Waals surface area contributed by atoms with Crippen LogP contribution in [0.25, 0.3) is 0 Å². The van der Waals surface area contributed by atoms with E-state index < -0.39 is 12.1 Å². The summed E-state index contributed by atoms with van der Waals surface area (Å²) >= 11 is 0. The first kappa shape index (κ1) is 63.1. The quantitative estimate of drug-likeness (QED) is 0.0321. The fourth-order valence-electron chi connectivity index (χ4n) is 8.68. The van der Waals surface area contributed by atoms with Gasteiger partial charge in [-0.3, -0.25) is 9.59 Å². The predicted molar refractivity (Wildman–Crippen MR) is 283 cm³/mol. The third kappa shape index (κ3) is 51.3. The maximum atomic E-state index is 12.4. The van der Waals surface area contributed by atoms with Gasteiger partial charge in [-0.05, 0) is 83.5 Å². The standard InChI is InChI=1S/C59H111NO5/c1-3-5-7-9-11-13-15-17-18-19-22-25-29-33-37-41-45-49-53-59(64)65-54-50-46-42-38-34-30-26-23-20-21-24-28-32-36-40-44-48-52-58(63)60-56(55-61)57(62)51-47-43-39-35-31-27-16-14-12-10-8-6-4-2/h18-20,23,47,51,56-57,61-62H,3-17,21-22,24-46,48-50,52-55H2,1-2H3,(H,60,63)/b19-18-,23-20-,51-47+. The van der Waals surface area contributed by atoms with Gasteiger partial charge in [0.25, 0.3) is 0 Å². The molecule has 2 unspecified atom stereocenters. The van der Waals surface area contributed by atoms with Crippen LogP contribution in [-0.2, 0) is 14.3 Å². The Kier molecular flexibility index (Phi) is 53.1. The Morgan fingerprint density at radius 1 is 0.415 bits per heavy atom. The number of allylic oxidation sites excluding steroid dienone is 5. The molecule has 0 aromatic heterocycles. The van der Waals surface area contributed by atoms with Crippen LogP contribution in [0.15, 0.2) is 36.5 Å². The molecular formula is C59H111NO5. The Balaban J connectivity index is 3.46. The fourth-order valence-corrected chi connectivity index (χ4v) is 8.68. The smallest absolute Gasteiger partial charge is 0.305 e. The Labute approximate surface area is 404 Å². The van der Waals surface area contributed by atoms with Gasteiger partial charge in [-0.2, -0.15) is 0 Å². The molecule has 2 atom stereocenters. The number of carbonyl (C=O) groups excluding carboxylic acids is 2. The van der Waals surface area contributed by atoms with Crippen LogP contribution in [-0.4, -0.2) is 47.4 Å². The Hall–Kier alpha value is -1.92. The van der Waals surface area contributed by atoms with Crippen molar-refractivity contribution in [2.75, 3.05) is 13.2 Å². The van der Waals surface area contributed by atoms with Crippen molar-refractivity contribution in [3.8, 4) is 0 Å². The highest BCUT2D eigenvalue weighted by Crippen LogP contribution is 2.16. The van der Waals surface area contributed by atoms with Crippen LogP contribution in [0.2, 0.25) is 0 Å². The van der Waals surface area contributed by atoms with Gasteiger partial charge < -0.3 is 20.3 Å². The van der Waals surface area contributed by atoms with E-state index in [2.05, 4.69) is 43.5 Å². The third-order valence-corrected chi connectivity index (χ3v) is 13.1. The molecule has 0 aliphatic rings. The summed E-state index contributed by atoms with van der Waals surface area (Å²) in [6.45, 7) is 4.88. The lowest BCUT2D eigenvalue weighted by atomic mass is 10.0. The van der Waals surface area contributed by atoms with E-state index in [4.69, 9.17) is 4.74 Å². The van der Waals surface area contributed by atoms with E-state index in [9.17, 15) is 19.8 Å². The number of esters is 1. The zero-order valence-electron chi connectivity index (χ0n) is 43.5. The lowest BCUT2D eigenvalue weighted by molar-refractivity contribution is -0.143. The van der Waals surface area contributed by atoms with E-state index in [0.29, 0.717) is 19.4 Å². The summed E-state index contributed by atoms with van der Waals surface area (Å²) in [6.07, 6.45) is 67.3. The summed E-state index contributed by atoms with van der Waals surface area (Å²) in [5.74, 6) is -0.0865. The second kappa shape index (κ2) is 54.7. The Morgan fingerprint density at radius 3 is 1.09 bits per heavy atom. The van der Waals surface area contributed by atoms with Gasteiger partial charge in [-0.25, -0.2) is 0 Å². The highest BCUT2D eigenvalue weighted by atomic mass is 16.5. The molecule has 6 nitrogen and oxygen atoms in total. The largest absolute Gasteiger partial charge is 0.466 e. The number of nitrogens with one attached hydrogen (secondary N) is 1. The minimum Gasteiger partial charge on any atom is -0.466 e. The SMILES string of the molecule is CCCCCCCCC/C=C\CCCCCCCCCC(=O)OCCCCCCCC/C=C\CCCCCCCCCC(=O)NC(CO)C(O)/C=C/CCCCCCCCCCCCC. The third-order valence-electron chi connectivity index (χ3n) is 13.1. The molecule has 0 heterocycles. The number of ether oxygens (including phenoxy) is 1. The number of rotatable bonds is 53. The molecule has 382 valence electrons. The second-order valence-corrected chi connectivity index (χ2v) is 19.6. The van der Waals surface area contributed by atoms with Crippen LogP contribution in [0.3, 0.4) is 0 Å². The number of unbranched alkanes of at least 4 members (excludes halogenated alkanes) is 38. The minimum absolute atomic E-state index is 0.00595. The summed E-state index contributed by atoms with van der Waals surface area (Å²) in [5, 5.41) is 23.0. The molecule has 0 saturated carbocycles. The number of aliphatic hydroxyl groups is 2. The van der Waals surface area contributed by atoms with Crippen LogP contribution >= 0.6 is 0 Å². The number of aliphatic hydroxyl groups excluding tert-OH is 2. The first-order valence-electron chi connectivity index (χ1n) is 28.8. The number of carbonyl (C=O) groups is 2. The van der Waals surface area contributed by atoms with Gasteiger partial charge in [-0.1, -0.05) is 243 Å². The first-order valence-corrected chi connectivity index (χ1v) is 28.8. The molecule has 0 aromatic rings. The molecule has 1 amide bonds. The van der Waals surface area contributed by atoms with Crippen LogP contribution in [0, 0.1) is 0 Å². The van der Waals surface area contributed by atoms with Gasteiger partial charge in [0, 0.05) is 12.8 Å². The van der Waals surface area contributed by atoms with E-state index in [1.165, 1.54) is 218 Å². The van der Waals surface area contributed by atoms with Gasteiger partial charge >= 0.3 is 5.97 Å². The highest BCUT2D eigenvalue weighted by molar-refractivity contribution is 5.76. The molecule has 0 saturated heterocycles. The summed E-state index contributed by atoms with van der Waals surface area (Å²) in [7, 11) is 0. The van der Waals surface area contributed by atoms with E-state index in [1.807, 2.05) is 6.08 Å². The summed E-state index contributed by atoms with van der Waals surface area (Å²) in [4.78, 5) is 24.5. The molecule has 0 rings (SSSR count). The Morgan fingerprint density at radius 2 is 0.723 bits per heavy atom. The molecule has 0 bridgehead atoms. The van der Waals surface area contributed by atoms with Crippen LogP contribution < -0.4 is 5.32 Å². The molecule has 65 heavy (non-hydrogen) atoms. The van der Waals surface area contributed by atoms with Crippen molar-refractivity contribution in [1.82, 2.24) is 5.32 Å². The molecule has 6 heteroatoms. The molecule has 0 fully saturated rings. The van der Waals surface area contributed by atoms with Crippen molar-refractivity contribution in [2.45, 2.75) is 315 Å². The van der Waals surface area contributed by atoms with Crippen LogP contribution in [0.4, 0.5) is 0 Å². The minimum atomic E-state index is -0.852. The number of amides is 1. The van der Waals surface area contributed by atoms with E-state index >= 15 is 0 Å². The molecule has 0 spiro atoms. The molecule has 0 aromatic carbocycles. The number of hydrogen-bond acceptors (Lipinski definition) is 5. The molecule has 0 radical (unpaired) electrons. The van der Waals surface area contributed by atoms with Crippen molar-refractivity contribution >= 4 is 11.9 Å². The topological polar surface area (TPSA) is 95.9 Å². The van der Waals surface area contributed by atoms with Gasteiger partial charge in [-0.15, -0.1) is 0 Å². The van der Waals surface area contributed by atoms with E-state index in [1.54, 1.807) is 6.08 Å². The van der Waals surface area contributed by atoms with Crippen molar-refractivity contribution < 1.29 is 24.5 Å². The number of hydrogen-bond donors (Lipinski definition) is 3. The lowest BCUT2D eigenvalue weighted by Crippen LogP contribution is -2.45. The van der Waals surface area contributed by atoms with Crippen LogP contribution in [0.1, 0.15) is 303 Å². The van der Waals surface area contributed by atoms with Crippen molar-refractivity contribution in [3.05, 3.63) is 36.5 Å².